The SMILES string of the molecule is CCc1cc2c(N3CCN(C(=O)CCCON4C/C=C\C/C=C\CN=N4)CC3)nc(SC)nc2s1. The van der Waals surface area contributed by atoms with Gasteiger partial charge in [-0.2, -0.15) is 10.3 Å². The van der Waals surface area contributed by atoms with Crippen LogP contribution < -0.4 is 4.90 Å². The molecule has 2 aliphatic heterocycles. The van der Waals surface area contributed by atoms with E-state index >= 15 is 0 Å². The van der Waals surface area contributed by atoms with E-state index in [4.69, 9.17) is 14.8 Å². The molecule has 0 unspecified atom stereocenters. The summed E-state index contributed by atoms with van der Waals surface area (Å²) < 4.78 is 0. The number of aromatic nitrogens is 2. The van der Waals surface area contributed by atoms with Gasteiger partial charge in [-0.3, -0.25) is 9.63 Å². The summed E-state index contributed by atoms with van der Waals surface area (Å²) in [5.41, 5.74) is 0. The van der Waals surface area contributed by atoms with Crippen LogP contribution in [0.1, 0.15) is 31.1 Å². The topological polar surface area (TPSA) is 86.5 Å². The first-order valence-electron chi connectivity index (χ1n) is 12.1. The highest BCUT2D eigenvalue weighted by Gasteiger charge is 2.24. The van der Waals surface area contributed by atoms with Crippen molar-refractivity contribution >= 4 is 45.0 Å². The second-order valence-corrected chi connectivity index (χ2v) is 10.1. The monoisotopic (exact) mass is 515 g/mol. The van der Waals surface area contributed by atoms with Gasteiger partial charge in [-0.1, -0.05) is 43.0 Å². The molecule has 2 aromatic rings. The van der Waals surface area contributed by atoms with Gasteiger partial charge in [-0.05, 0) is 36.8 Å². The number of rotatable bonds is 8. The molecule has 0 atom stereocenters. The van der Waals surface area contributed by atoms with Gasteiger partial charge in [0.15, 0.2) is 5.16 Å². The number of piperazine rings is 1. The van der Waals surface area contributed by atoms with Gasteiger partial charge in [0, 0.05) is 37.5 Å². The van der Waals surface area contributed by atoms with Crippen LogP contribution in [0.15, 0.2) is 45.9 Å². The maximum atomic E-state index is 12.8. The summed E-state index contributed by atoms with van der Waals surface area (Å²) >= 11 is 3.31. The lowest BCUT2D eigenvalue weighted by molar-refractivity contribution is -0.160. The quantitative estimate of drug-likeness (QED) is 0.221. The molecule has 0 radical (unpaired) electrons. The van der Waals surface area contributed by atoms with E-state index in [0.29, 0.717) is 45.6 Å². The van der Waals surface area contributed by atoms with Crippen molar-refractivity contribution in [1.29, 1.82) is 0 Å². The third-order valence-corrected chi connectivity index (χ3v) is 7.58. The van der Waals surface area contributed by atoms with E-state index in [9.17, 15) is 4.79 Å². The van der Waals surface area contributed by atoms with Gasteiger partial charge in [-0.25, -0.2) is 9.97 Å². The first-order chi connectivity index (χ1) is 17.2. The Labute approximate surface area is 214 Å². The molecular formula is C24H33N7O2S2. The van der Waals surface area contributed by atoms with Crippen LogP contribution in [0, 0.1) is 0 Å². The van der Waals surface area contributed by atoms with Crippen LogP contribution in [0.2, 0.25) is 0 Å². The molecule has 0 bridgehead atoms. The Hall–Kier alpha value is -2.50. The first-order valence-corrected chi connectivity index (χ1v) is 14.2. The number of amides is 1. The maximum absolute atomic E-state index is 12.8. The summed E-state index contributed by atoms with van der Waals surface area (Å²) in [6.45, 7) is 6.63. The molecule has 1 amide bonds. The van der Waals surface area contributed by atoms with Crippen molar-refractivity contribution in [3.8, 4) is 0 Å². The highest BCUT2D eigenvalue weighted by molar-refractivity contribution is 7.98. The number of carbonyl (C=O) groups excluding carboxylic acids is 1. The van der Waals surface area contributed by atoms with Gasteiger partial charge in [0.05, 0.1) is 25.1 Å². The number of hydroxylamine groups is 1. The van der Waals surface area contributed by atoms with E-state index in [1.165, 1.54) is 10.0 Å². The summed E-state index contributed by atoms with van der Waals surface area (Å²) in [4.78, 5) is 34.6. The Morgan fingerprint density at radius 3 is 2.77 bits per heavy atom. The van der Waals surface area contributed by atoms with Crippen molar-refractivity contribution in [2.75, 3.05) is 57.0 Å². The molecule has 0 aromatic carbocycles. The fraction of sp³-hybridized carbons (Fsp3) is 0.542. The zero-order valence-corrected chi connectivity index (χ0v) is 22.1. The second kappa shape index (κ2) is 13.0. The molecule has 1 fully saturated rings. The number of nitrogens with zero attached hydrogens (tertiary/aromatic N) is 7. The van der Waals surface area contributed by atoms with Crippen LogP contribution in [0.4, 0.5) is 5.82 Å². The molecule has 9 nitrogen and oxygen atoms in total. The summed E-state index contributed by atoms with van der Waals surface area (Å²) in [5.74, 6) is 1.16. The van der Waals surface area contributed by atoms with Crippen LogP contribution in [-0.4, -0.2) is 78.1 Å². The summed E-state index contributed by atoms with van der Waals surface area (Å²) in [5, 5.41) is 11.6. The predicted molar refractivity (Wildman–Crippen MR) is 142 cm³/mol. The number of fused-ring (bicyclic) bond motifs is 1. The molecule has 0 saturated carbocycles. The fourth-order valence-electron chi connectivity index (χ4n) is 3.94. The number of allylic oxidation sites excluding steroid dienone is 2. The number of thioether (sulfide) groups is 1. The lowest BCUT2D eigenvalue weighted by atomic mass is 10.2. The van der Waals surface area contributed by atoms with E-state index < -0.39 is 0 Å². The minimum absolute atomic E-state index is 0.169. The Balaban J connectivity index is 1.25. The number of anilines is 1. The predicted octanol–water partition coefficient (Wildman–Crippen LogP) is 4.52. The van der Waals surface area contributed by atoms with Crippen LogP contribution in [0.5, 0.6) is 0 Å². The Bertz CT molecular complexity index is 1080. The van der Waals surface area contributed by atoms with E-state index in [-0.39, 0.29) is 5.91 Å². The molecule has 11 heteroatoms. The van der Waals surface area contributed by atoms with Crippen molar-refractivity contribution in [2.45, 2.75) is 37.8 Å². The summed E-state index contributed by atoms with van der Waals surface area (Å²) in [6.07, 6.45) is 13.1. The molecule has 1 saturated heterocycles. The van der Waals surface area contributed by atoms with Crippen molar-refractivity contribution in [1.82, 2.24) is 20.0 Å². The normalized spacial score (nSPS) is 18.7. The summed E-state index contributed by atoms with van der Waals surface area (Å²) in [7, 11) is 0. The van der Waals surface area contributed by atoms with Crippen molar-refractivity contribution < 1.29 is 9.63 Å². The molecule has 2 aromatic heterocycles. The average Bonchev–Trinajstić information content (AvgIpc) is 3.33. The van der Waals surface area contributed by atoms with E-state index in [1.54, 1.807) is 23.1 Å². The highest BCUT2D eigenvalue weighted by Crippen LogP contribution is 2.33. The molecule has 0 aliphatic carbocycles. The van der Waals surface area contributed by atoms with Gasteiger partial charge in [0.2, 0.25) is 5.91 Å². The highest BCUT2D eigenvalue weighted by atomic mass is 32.2. The second-order valence-electron chi connectivity index (χ2n) is 8.25. The van der Waals surface area contributed by atoms with Gasteiger partial charge < -0.3 is 9.80 Å². The standard InChI is InChI=1S/C24H33N7O2S2/c1-3-19-18-20-22(26-24(34-2)27-23(20)35-19)30-15-13-29(14-16-30)21(32)10-9-17-33-31-12-8-6-4-5-7-11-25-28-31/h5-8,18H,3-4,9-17H2,1-2H3/b7-5-,8-6-,28-25?. The van der Waals surface area contributed by atoms with Crippen LogP contribution in [0.3, 0.4) is 0 Å². The minimum Gasteiger partial charge on any atom is -0.352 e. The van der Waals surface area contributed by atoms with Gasteiger partial charge in [-0.15, -0.1) is 11.3 Å². The van der Waals surface area contributed by atoms with Gasteiger partial charge in [0.25, 0.3) is 0 Å². The lowest BCUT2D eigenvalue weighted by Crippen LogP contribution is -2.49. The van der Waals surface area contributed by atoms with Crippen LogP contribution in [-0.2, 0) is 16.1 Å². The maximum Gasteiger partial charge on any atom is 0.222 e. The lowest BCUT2D eigenvalue weighted by Gasteiger charge is -2.35. The van der Waals surface area contributed by atoms with E-state index in [2.05, 4.69) is 40.4 Å². The third-order valence-electron chi connectivity index (χ3n) is 5.86. The van der Waals surface area contributed by atoms with Crippen LogP contribution in [0.25, 0.3) is 10.2 Å². The number of carbonyl (C=O) groups is 1. The first kappa shape index (κ1) is 25.6. The number of thiophene rings is 1. The van der Waals surface area contributed by atoms with E-state index in [0.717, 1.165) is 47.1 Å². The molecule has 0 spiro atoms. The number of hydrogen-bond donors (Lipinski definition) is 0. The summed E-state index contributed by atoms with van der Waals surface area (Å²) in [6, 6.07) is 2.22. The van der Waals surface area contributed by atoms with Crippen molar-refractivity contribution in [2.24, 2.45) is 10.3 Å². The molecule has 4 heterocycles. The minimum atomic E-state index is 0.169. The Morgan fingerprint density at radius 1 is 1.14 bits per heavy atom. The zero-order chi connectivity index (χ0) is 24.5. The molecule has 0 N–H and O–H groups in total. The molecule has 35 heavy (non-hydrogen) atoms. The van der Waals surface area contributed by atoms with Gasteiger partial charge >= 0.3 is 0 Å². The Morgan fingerprint density at radius 2 is 1.97 bits per heavy atom. The third kappa shape index (κ3) is 7.02. The van der Waals surface area contributed by atoms with Gasteiger partial charge in [0.1, 0.15) is 10.6 Å². The zero-order valence-electron chi connectivity index (χ0n) is 20.4. The average molecular weight is 516 g/mol. The smallest absolute Gasteiger partial charge is 0.222 e. The fourth-order valence-corrected chi connectivity index (χ4v) is 5.32. The number of hydrogen-bond acceptors (Lipinski definition) is 10. The van der Waals surface area contributed by atoms with Crippen LogP contribution >= 0.6 is 23.1 Å². The molecule has 2 aliphatic rings. The molecule has 188 valence electrons. The Kier molecular flexibility index (Phi) is 9.50. The van der Waals surface area contributed by atoms with Crippen molar-refractivity contribution in [3.63, 3.8) is 0 Å². The number of aryl methyl sites for hydroxylation is 1. The molecular weight excluding hydrogens is 482 g/mol. The molecule has 4 rings (SSSR count). The van der Waals surface area contributed by atoms with Crippen molar-refractivity contribution in [3.05, 3.63) is 35.2 Å². The largest absolute Gasteiger partial charge is 0.352 e. The van der Waals surface area contributed by atoms with E-state index in [1.807, 2.05) is 23.3 Å².